The van der Waals surface area contributed by atoms with Crippen molar-refractivity contribution < 1.29 is 9.64 Å². The molecule has 7 heteroatoms. The number of nitrogens with one attached hydrogen (secondary N) is 2. The quantitative estimate of drug-likeness (QED) is 0.532. The van der Waals surface area contributed by atoms with Crippen molar-refractivity contribution in [3.8, 4) is 0 Å². The van der Waals surface area contributed by atoms with Gasteiger partial charge in [0.05, 0.1) is 43.8 Å². The lowest BCUT2D eigenvalue weighted by molar-refractivity contribution is -0.894. The van der Waals surface area contributed by atoms with Gasteiger partial charge in [0.1, 0.15) is 10.6 Å². The number of quaternary nitrogens is 1. The second-order valence-electron chi connectivity index (χ2n) is 7.33. The van der Waals surface area contributed by atoms with Crippen LogP contribution in [0, 0.1) is 0 Å². The summed E-state index contributed by atoms with van der Waals surface area (Å²) in [7, 11) is 0. The molecule has 0 saturated heterocycles. The number of thiophene rings is 1. The number of aromatic nitrogens is 2. The van der Waals surface area contributed by atoms with Crippen LogP contribution in [0.3, 0.4) is 0 Å². The van der Waals surface area contributed by atoms with Crippen molar-refractivity contribution in [2.75, 3.05) is 37.2 Å². The standard InChI is InChI=1S/C19H30N4OS2/c1-6-23(7-2)10-9-20-16-15-13-11-19(4,5)24-12-14(13)26-17(15)22-18(21-16)25-8-3/h6-12H2,1-5H3,(H,20,21,22)/p+1. The molecule has 2 aromatic heterocycles. The average molecular weight is 396 g/mol. The molecule has 1 aliphatic heterocycles. The highest BCUT2D eigenvalue weighted by Crippen LogP contribution is 2.41. The van der Waals surface area contributed by atoms with Crippen molar-refractivity contribution in [1.82, 2.24) is 9.97 Å². The third-order valence-electron chi connectivity index (χ3n) is 4.95. The number of likely N-dealkylation sites (N-methyl/N-ethyl adjacent to an activating group) is 1. The zero-order valence-electron chi connectivity index (χ0n) is 16.6. The molecule has 0 aromatic carbocycles. The largest absolute Gasteiger partial charge is 0.370 e. The van der Waals surface area contributed by atoms with Crippen LogP contribution in [-0.2, 0) is 17.8 Å². The Balaban J connectivity index is 1.94. The lowest BCUT2D eigenvalue weighted by Gasteiger charge is -2.30. The van der Waals surface area contributed by atoms with E-state index in [-0.39, 0.29) is 5.60 Å². The maximum absolute atomic E-state index is 6.01. The highest BCUT2D eigenvalue weighted by molar-refractivity contribution is 7.99. The Morgan fingerprint density at radius 3 is 2.69 bits per heavy atom. The summed E-state index contributed by atoms with van der Waals surface area (Å²) in [4.78, 5) is 13.7. The van der Waals surface area contributed by atoms with E-state index in [4.69, 9.17) is 14.7 Å². The van der Waals surface area contributed by atoms with Gasteiger partial charge in [0, 0.05) is 11.3 Å². The number of fused-ring (bicyclic) bond motifs is 3. The first kappa shape index (κ1) is 19.9. The monoisotopic (exact) mass is 395 g/mol. The minimum Gasteiger partial charge on any atom is -0.370 e. The van der Waals surface area contributed by atoms with E-state index in [1.165, 1.54) is 15.8 Å². The summed E-state index contributed by atoms with van der Waals surface area (Å²) in [6.07, 6.45) is 0.919. The molecule has 0 spiro atoms. The van der Waals surface area contributed by atoms with Gasteiger partial charge in [-0.05, 0) is 39.0 Å². The molecule has 0 fully saturated rings. The van der Waals surface area contributed by atoms with Crippen molar-refractivity contribution in [1.29, 1.82) is 0 Å². The second kappa shape index (κ2) is 8.42. The smallest absolute Gasteiger partial charge is 0.190 e. The van der Waals surface area contributed by atoms with Crippen molar-refractivity contribution in [3.63, 3.8) is 0 Å². The van der Waals surface area contributed by atoms with Gasteiger partial charge < -0.3 is 15.0 Å². The van der Waals surface area contributed by atoms with Gasteiger partial charge in [-0.25, -0.2) is 9.97 Å². The summed E-state index contributed by atoms with van der Waals surface area (Å²) in [5.74, 6) is 1.99. The van der Waals surface area contributed by atoms with Gasteiger partial charge in [-0.15, -0.1) is 11.3 Å². The molecule has 0 amide bonds. The molecule has 144 valence electrons. The molecule has 1 aliphatic rings. The first-order valence-corrected chi connectivity index (χ1v) is 11.4. The fraction of sp³-hybridized carbons (Fsp3) is 0.684. The van der Waals surface area contributed by atoms with E-state index in [9.17, 15) is 0 Å². The summed E-state index contributed by atoms with van der Waals surface area (Å²) in [5.41, 5.74) is 1.26. The van der Waals surface area contributed by atoms with Crippen LogP contribution >= 0.6 is 23.1 Å². The van der Waals surface area contributed by atoms with Crippen LogP contribution in [0.4, 0.5) is 5.82 Å². The SMILES string of the molecule is CCSc1nc(NCC[NH+](CC)CC)c2c3c(sc2n1)COC(C)(C)C3. The molecule has 3 rings (SSSR count). The van der Waals surface area contributed by atoms with Crippen LogP contribution in [0.15, 0.2) is 5.16 Å². The molecule has 26 heavy (non-hydrogen) atoms. The number of hydrogen-bond donors (Lipinski definition) is 2. The average Bonchev–Trinajstić information content (AvgIpc) is 2.95. The molecule has 0 saturated carbocycles. The molecular weight excluding hydrogens is 364 g/mol. The Kier molecular flexibility index (Phi) is 6.43. The maximum Gasteiger partial charge on any atom is 0.190 e. The fourth-order valence-corrected chi connectivity index (χ4v) is 5.14. The van der Waals surface area contributed by atoms with Gasteiger partial charge in [-0.3, -0.25) is 0 Å². The Bertz CT molecular complexity index is 756. The van der Waals surface area contributed by atoms with Crippen molar-refractivity contribution in [3.05, 3.63) is 10.4 Å². The van der Waals surface area contributed by atoms with E-state index in [2.05, 4.69) is 39.9 Å². The highest BCUT2D eigenvalue weighted by Gasteiger charge is 2.31. The van der Waals surface area contributed by atoms with E-state index < -0.39 is 0 Å². The molecule has 5 nitrogen and oxygen atoms in total. The van der Waals surface area contributed by atoms with Crippen LogP contribution in [0.2, 0.25) is 0 Å². The van der Waals surface area contributed by atoms with Crippen LogP contribution < -0.4 is 10.2 Å². The van der Waals surface area contributed by atoms with Gasteiger partial charge in [0.15, 0.2) is 5.16 Å². The minimum absolute atomic E-state index is 0.125. The first-order valence-electron chi connectivity index (χ1n) is 9.63. The van der Waals surface area contributed by atoms with Crippen molar-refractivity contribution >= 4 is 39.1 Å². The molecule has 0 radical (unpaired) electrons. The van der Waals surface area contributed by atoms with Crippen LogP contribution in [0.25, 0.3) is 10.2 Å². The van der Waals surface area contributed by atoms with E-state index >= 15 is 0 Å². The summed E-state index contributed by atoms with van der Waals surface area (Å²) >= 11 is 3.48. The van der Waals surface area contributed by atoms with Crippen molar-refractivity contribution in [2.24, 2.45) is 0 Å². The summed E-state index contributed by atoms with van der Waals surface area (Å²) < 4.78 is 6.01. The molecular formula is C19H31N4OS2+. The molecule has 0 atom stereocenters. The molecule has 0 bridgehead atoms. The Labute approximate surface area is 164 Å². The third kappa shape index (κ3) is 4.32. The molecule has 0 unspecified atom stereocenters. The number of hydrogen-bond acceptors (Lipinski definition) is 6. The summed E-state index contributed by atoms with van der Waals surface area (Å²) in [6, 6.07) is 0. The maximum atomic E-state index is 6.01. The van der Waals surface area contributed by atoms with Gasteiger partial charge in [0.2, 0.25) is 0 Å². The molecule has 2 N–H and O–H groups in total. The first-order chi connectivity index (χ1) is 12.5. The zero-order chi connectivity index (χ0) is 18.7. The number of rotatable bonds is 8. The number of nitrogens with zero attached hydrogens (tertiary/aromatic N) is 2. The topological polar surface area (TPSA) is 51.5 Å². The fourth-order valence-electron chi connectivity index (χ4n) is 3.41. The number of ether oxygens (including phenoxy) is 1. The van der Waals surface area contributed by atoms with Crippen LogP contribution in [0.5, 0.6) is 0 Å². The lowest BCUT2D eigenvalue weighted by Crippen LogP contribution is -3.12. The van der Waals surface area contributed by atoms with E-state index in [1.807, 2.05) is 0 Å². The number of anilines is 1. The Hall–Kier alpha value is -0.890. The van der Waals surface area contributed by atoms with E-state index in [1.54, 1.807) is 28.0 Å². The Morgan fingerprint density at radius 1 is 1.23 bits per heavy atom. The molecule has 2 aromatic rings. The summed E-state index contributed by atoms with van der Waals surface area (Å²) in [6.45, 7) is 16.0. The van der Waals surface area contributed by atoms with Gasteiger partial charge in [0.25, 0.3) is 0 Å². The molecule has 0 aliphatic carbocycles. The molecule has 3 heterocycles. The normalized spacial score (nSPS) is 16.2. The van der Waals surface area contributed by atoms with Crippen LogP contribution in [-0.4, -0.2) is 47.5 Å². The van der Waals surface area contributed by atoms with E-state index in [0.29, 0.717) is 6.61 Å². The Morgan fingerprint density at radius 2 is 2.00 bits per heavy atom. The van der Waals surface area contributed by atoms with Gasteiger partial charge in [-0.1, -0.05) is 18.7 Å². The number of thioether (sulfide) groups is 1. The lowest BCUT2D eigenvalue weighted by atomic mass is 9.94. The highest BCUT2D eigenvalue weighted by atomic mass is 32.2. The van der Waals surface area contributed by atoms with Crippen LogP contribution in [0.1, 0.15) is 45.1 Å². The third-order valence-corrected chi connectivity index (χ3v) is 6.78. The van der Waals surface area contributed by atoms with Gasteiger partial charge in [-0.2, -0.15) is 0 Å². The van der Waals surface area contributed by atoms with Gasteiger partial charge >= 0.3 is 0 Å². The van der Waals surface area contributed by atoms with E-state index in [0.717, 1.165) is 54.2 Å². The predicted molar refractivity (Wildman–Crippen MR) is 112 cm³/mol. The second-order valence-corrected chi connectivity index (χ2v) is 9.65. The van der Waals surface area contributed by atoms with Crippen molar-refractivity contribution in [2.45, 2.75) is 58.4 Å². The minimum atomic E-state index is -0.125. The zero-order valence-corrected chi connectivity index (χ0v) is 18.2. The predicted octanol–water partition coefficient (Wildman–Crippen LogP) is 2.99. The summed E-state index contributed by atoms with van der Waals surface area (Å²) in [5, 5.41) is 5.72.